The number of pyridine rings is 1. The summed E-state index contributed by atoms with van der Waals surface area (Å²) in [5.74, 6) is -2.77. The van der Waals surface area contributed by atoms with E-state index in [9.17, 15) is 26.3 Å². The lowest BCUT2D eigenvalue weighted by atomic mass is 10.2. The van der Waals surface area contributed by atoms with Gasteiger partial charge >= 0.3 is 12.4 Å². The third-order valence-electron chi connectivity index (χ3n) is 3.21. The maximum atomic E-state index is 13.3. The first kappa shape index (κ1) is 19.7. The minimum absolute atomic E-state index is 0.221. The number of nitrogens with zero attached hydrogens (tertiary/aromatic N) is 5. The van der Waals surface area contributed by atoms with Crippen molar-refractivity contribution >= 4 is 51.7 Å². The highest BCUT2D eigenvalue weighted by Crippen LogP contribution is 2.40. The van der Waals surface area contributed by atoms with E-state index in [4.69, 9.17) is 40.5 Å². The summed E-state index contributed by atoms with van der Waals surface area (Å²) in [6.07, 6.45) is -9.51. The second-order valence-corrected chi connectivity index (χ2v) is 6.09. The summed E-state index contributed by atoms with van der Waals surface area (Å²) < 4.78 is 79.0. The number of aromatic nitrogens is 5. The lowest BCUT2D eigenvalue weighted by Gasteiger charge is -2.11. The zero-order valence-corrected chi connectivity index (χ0v) is 14.6. The second-order valence-electron chi connectivity index (χ2n) is 4.95. The fourth-order valence-electron chi connectivity index (χ4n) is 2.14. The van der Waals surface area contributed by atoms with Crippen LogP contribution in [0.15, 0.2) is 6.20 Å². The summed E-state index contributed by atoms with van der Waals surface area (Å²) >= 11 is 17.6. The average molecular weight is 452 g/mol. The molecule has 3 aromatic heterocycles. The van der Waals surface area contributed by atoms with Crippen LogP contribution in [0.2, 0.25) is 15.2 Å². The van der Waals surface area contributed by atoms with Crippen molar-refractivity contribution in [2.75, 3.05) is 5.73 Å². The Kier molecular flexibility index (Phi) is 4.56. The highest BCUT2D eigenvalue weighted by atomic mass is 35.5. The molecule has 144 valence electrons. The summed E-state index contributed by atoms with van der Waals surface area (Å²) in [5.41, 5.74) is 2.53. The number of nitrogens with two attached hydrogens (primary N) is 1. The van der Waals surface area contributed by atoms with Gasteiger partial charge in [-0.3, -0.25) is 0 Å². The van der Waals surface area contributed by atoms with Crippen LogP contribution in [-0.2, 0) is 12.4 Å². The van der Waals surface area contributed by atoms with Crippen molar-refractivity contribution < 1.29 is 26.3 Å². The largest absolute Gasteiger partial charge is 0.451 e. The molecule has 0 fully saturated rings. The molecule has 0 radical (unpaired) electrons. The van der Waals surface area contributed by atoms with Gasteiger partial charge in [0.25, 0.3) is 0 Å². The van der Waals surface area contributed by atoms with Gasteiger partial charge in [0.1, 0.15) is 21.7 Å². The first-order chi connectivity index (χ1) is 12.3. The number of halogens is 9. The van der Waals surface area contributed by atoms with Crippen molar-refractivity contribution in [2.24, 2.45) is 0 Å². The first-order valence-corrected chi connectivity index (χ1v) is 7.66. The van der Waals surface area contributed by atoms with Crippen molar-refractivity contribution in [3.8, 4) is 5.69 Å². The van der Waals surface area contributed by atoms with Crippen LogP contribution in [0.3, 0.4) is 0 Å². The van der Waals surface area contributed by atoms with Crippen LogP contribution in [0.25, 0.3) is 16.7 Å². The summed E-state index contributed by atoms with van der Waals surface area (Å²) in [7, 11) is 0. The average Bonchev–Trinajstić information content (AvgIpc) is 2.86. The van der Waals surface area contributed by atoms with Gasteiger partial charge in [-0.1, -0.05) is 34.8 Å². The fraction of sp³-hybridized carbons (Fsp3) is 0.167. The van der Waals surface area contributed by atoms with Gasteiger partial charge in [0.15, 0.2) is 11.3 Å². The summed E-state index contributed by atoms with van der Waals surface area (Å²) in [6, 6.07) is 0. The molecular formula is C12H3Cl3F6N6. The molecule has 0 unspecified atom stereocenters. The van der Waals surface area contributed by atoms with Gasteiger partial charge in [-0.15, -0.1) is 5.10 Å². The molecule has 15 heteroatoms. The van der Waals surface area contributed by atoms with E-state index in [-0.39, 0.29) is 20.9 Å². The molecular weight excluding hydrogens is 449 g/mol. The molecule has 0 bridgehead atoms. The number of anilines is 1. The van der Waals surface area contributed by atoms with Crippen LogP contribution < -0.4 is 5.73 Å². The van der Waals surface area contributed by atoms with Crippen LogP contribution in [0.5, 0.6) is 0 Å². The Hall–Kier alpha value is -2.05. The van der Waals surface area contributed by atoms with E-state index < -0.39 is 40.7 Å². The standard InChI is InChI=1S/C12H3Cl3F6N6/c13-2-1-23-7(15)4(14)5(2)27-8(22)3-6(11(16,17)18)24-10(12(19,20)21)25-9(3)26-27/h1H,22H2. The monoisotopic (exact) mass is 450 g/mol. The molecule has 0 spiro atoms. The van der Waals surface area contributed by atoms with Gasteiger partial charge in [-0.05, 0) is 0 Å². The number of nitrogen functional groups attached to an aromatic ring is 1. The van der Waals surface area contributed by atoms with Crippen LogP contribution in [0.1, 0.15) is 11.5 Å². The maximum Gasteiger partial charge on any atom is 0.451 e. The van der Waals surface area contributed by atoms with Gasteiger partial charge in [0.2, 0.25) is 5.82 Å². The van der Waals surface area contributed by atoms with E-state index >= 15 is 0 Å². The Labute approximate surface area is 159 Å². The molecule has 3 aromatic rings. The highest BCUT2D eigenvalue weighted by Gasteiger charge is 2.43. The van der Waals surface area contributed by atoms with E-state index in [2.05, 4.69) is 20.1 Å². The fourth-order valence-corrected chi connectivity index (χ4v) is 2.78. The Morgan fingerprint density at radius 3 is 2.15 bits per heavy atom. The summed E-state index contributed by atoms with van der Waals surface area (Å²) in [5, 5.41) is 1.79. The smallest absolute Gasteiger partial charge is 0.383 e. The predicted molar refractivity (Wildman–Crippen MR) is 83.9 cm³/mol. The molecule has 3 rings (SSSR count). The van der Waals surface area contributed by atoms with Crippen LogP contribution in [0, 0.1) is 0 Å². The van der Waals surface area contributed by atoms with Crippen molar-refractivity contribution in [2.45, 2.75) is 12.4 Å². The second kappa shape index (κ2) is 6.24. The molecule has 27 heavy (non-hydrogen) atoms. The topological polar surface area (TPSA) is 82.5 Å². The Morgan fingerprint density at radius 1 is 0.963 bits per heavy atom. The molecule has 0 saturated heterocycles. The van der Waals surface area contributed by atoms with Gasteiger partial charge in [0, 0.05) is 6.20 Å². The van der Waals surface area contributed by atoms with Crippen LogP contribution >= 0.6 is 34.8 Å². The molecule has 3 heterocycles. The Balaban J connectivity index is 2.44. The van der Waals surface area contributed by atoms with Crippen molar-refractivity contribution in [1.82, 2.24) is 24.7 Å². The zero-order chi connectivity index (χ0) is 20.3. The van der Waals surface area contributed by atoms with E-state index in [1.165, 1.54) is 0 Å². The molecule has 0 aliphatic carbocycles. The number of fused-ring (bicyclic) bond motifs is 1. The SMILES string of the molecule is Nc1c2c(C(F)(F)F)nc(C(F)(F)F)nc2nn1-c1c(Cl)cnc(Cl)c1Cl. The molecule has 0 atom stereocenters. The van der Waals surface area contributed by atoms with E-state index in [0.29, 0.717) is 4.68 Å². The van der Waals surface area contributed by atoms with Crippen molar-refractivity contribution in [1.29, 1.82) is 0 Å². The van der Waals surface area contributed by atoms with Crippen molar-refractivity contribution in [3.63, 3.8) is 0 Å². The maximum absolute atomic E-state index is 13.3. The predicted octanol–water partition coefficient (Wildman–Crippen LogP) is 4.79. The molecule has 0 aliphatic rings. The molecule has 0 aliphatic heterocycles. The molecule has 0 amide bonds. The number of hydrogen-bond acceptors (Lipinski definition) is 5. The van der Waals surface area contributed by atoms with Gasteiger partial charge in [-0.25, -0.2) is 19.6 Å². The molecule has 0 saturated carbocycles. The number of rotatable bonds is 1. The van der Waals surface area contributed by atoms with E-state index in [1.807, 2.05) is 0 Å². The Bertz CT molecular complexity index is 1060. The minimum atomic E-state index is -5.27. The highest BCUT2D eigenvalue weighted by molar-refractivity contribution is 6.44. The van der Waals surface area contributed by atoms with E-state index in [1.54, 1.807) is 0 Å². The van der Waals surface area contributed by atoms with Crippen molar-refractivity contribution in [3.05, 3.63) is 32.9 Å². The minimum Gasteiger partial charge on any atom is -0.383 e. The molecule has 0 aromatic carbocycles. The zero-order valence-electron chi connectivity index (χ0n) is 12.3. The normalized spacial score (nSPS) is 12.8. The quantitative estimate of drug-likeness (QED) is 0.425. The number of alkyl halides is 6. The van der Waals surface area contributed by atoms with E-state index in [0.717, 1.165) is 6.20 Å². The number of hydrogen-bond donors (Lipinski definition) is 1. The summed E-state index contributed by atoms with van der Waals surface area (Å²) in [4.78, 5) is 9.22. The Morgan fingerprint density at radius 2 is 1.59 bits per heavy atom. The third kappa shape index (κ3) is 3.32. The van der Waals surface area contributed by atoms with Gasteiger partial charge in [-0.2, -0.15) is 26.3 Å². The van der Waals surface area contributed by atoms with Crippen LogP contribution in [-0.4, -0.2) is 24.7 Å². The third-order valence-corrected chi connectivity index (χ3v) is 4.23. The van der Waals surface area contributed by atoms with Gasteiger partial charge < -0.3 is 5.73 Å². The summed E-state index contributed by atoms with van der Waals surface area (Å²) in [6.45, 7) is 0. The lowest BCUT2D eigenvalue weighted by molar-refractivity contribution is -0.151. The van der Waals surface area contributed by atoms with Gasteiger partial charge in [0.05, 0.1) is 10.4 Å². The lowest BCUT2D eigenvalue weighted by Crippen LogP contribution is -2.17. The molecule has 2 N–H and O–H groups in total. The first-order valence-electron chi connectivity index (χ1n) is 6.53. The molecule has 6 nitrogen and oxygen atoms in total. The van der Waals surface area contributed by atoms with Crippen LogP contribution in [0.4, 0.5) is 32.2 Å².